The first-order chi connectivity index (χ1) is 25.2. The van der Waals surface area contributed by atoms with E-state index >= 15 is 4.57 Å². The van der Waals surface area contributed by atoms with Gasteiger partial charge in [0.2, 0.25) is 25.0 Å². The highest BCUT2D eigenvalue weighted by Crippen LogP contribution is 2.61. The Kier molecular flexibility index (Phi) is 32.2. The Bertz CT molecular complexity index is 738. The summed E-state index contributed by atoms with van der Waals surface area (Å²) >= 11 is 0. The van der Waals surface area contributed by atoms with Gasteiger partial charge in [-0.25, -0.2) is 4.57 Å². The molecule has 0 aromatic heterocycles. The third-order valence-corrected chi connectivity index (χ3v) is 28.4. The van der Waals surface area contributed by atoms with Gasteiger partial charge < -0.3 is 12.6 Å². The van der Waals surface area contributed by atoms with Gasteiger partial charge in [-0.1, -0.05) is 234 Å². The van der Waals surface area contributed by atoms with Crippen molar-refractivity contribution in [3.63, 3.8) is 0 Å². The lowest BCUT2D eigenvalue weighted by Crippen LogP contribution is -2.44. The van der Waals surface area contributed by atoms with Gasteiger partial charge in [0.05, 0.1) is 0 Å². The van der Waals surface area contributed by atoms with E-state index in [1.165, 1.54) is 193 Å². The van der Waals surface area contributed by atoms with Gasteiger partial charge in [0.25, 0.3) is 0 Å². The highest BCUT2D eigenvalue weighted by molar-refractivity contribution is 7.53. The van der Waals surface area contributed by atoms with Crippen molar-refractivity contribution < 1.29 is 17.2 Å². The van der Waals surface area contributed by atoms with Crippen molar-refractivity contribution in [2.45, 2.75) is 290 Å². The zero-order valence-corrected chi connectivity index (χ0v) is 42.4. The second kappa shape index (κ2) is 31.7. The van der Waals surface area contributed by atoms with Crippen molar-refractivity contribution in [1.29, 1.82) is 0 Å². The van der Waals surface area contributed by atoms with E-state index in [1.54, 1.807) is 0 Å². The van der Waals surface area contributed by atoms with Crippen LogP contribution in [0.5, 0.6) is 0 Å². The molecule has 320 valence electrons. The monoisotopic (exact) mass is 819 g/mol. The summed E-state index contributed by atoms with van der Waals surface area (Å²) in [5, 5.41) is 0. The maximum absolute atomic E-state index is 15.9. The normalized spacial score (nSPS) is 13.3. The predicted octanol–water partition coefficient (Wildman–Crippen LogP) is 18.7. The summed E-state index contributed by atoms with van der Waals surface area (Å²) in [6, 6.07) is 0. The Hall–Kier alpha value is 0.761. The van der Waals surface area contributed by atoms with Gasteiger partial charge in [-0.15, -0.1) is 0 Å². The molecule has 0 aromatic carbocycles. The molecule has 8 heteroatoms. The van der Waals surface area contributed by atoms with Crippen LogP contribution < -0.4 is 0 Å². The fourth-order valence-electron chi connectivity index (χ4n) is 8.57. The van der Waals surface area contributed by atoms with Gasteiger partial charge in [0.15, 0.2) is 0 Å². The summed E-state index contributed by atoms with van der Waals surface area (Å²) in [6.45, 7) is 28.0. The molecular weight excluding hydrogens is 720 g/mol. The molecule has 0 aliphatic rings. The van der Waals surface area contributed by atoms with E-state index in [9.17, 15) is 0 Å². The summed E-state index contributed by atoms with van der Waals surface area (Å²) in [7, 11) is -11.2. The number of hydrogen-bond donors (Lipinski definition) is 0. The minimum absolute atomic E-state index is 0.476. The minimum atomic E-state index is -3.83. The molecule has 0 atom stereocenters. The summed E-state index contributed by atoms with van der Waals surface area (Å²) < 4.78 is 37.7. The third kappa shape index (κ3) is 25.7. The molecule has 0 heterocycles. The van der Waals surface area contributed by atoms with Crippen LogP contribution in [0.1, 0.15) is 234 Å². The SMILES string of the molecule is CCCCCCC(CCCCCC)[Si](C)(C)OP(=O)(O[Si](C)(C)C(CCCCCC)CCCCCC)O[Si](C)(C)C(CCCCCC)CCCCCC. The lowest BCUT2D eigenvalue weighted by Gasteiger charge is -2.43. The van der Waals surface area contributed by atoms with Crippen molar-refractivity contribution in [3.05, 3.63) is 0 Å². The predicted molar refractivity (Wildman–Crippen MR) is 247 cm³/mol. The molecule has 0 aliphatic heterocycles. The van der Waals surface area contributed by atoms with Crippen LogP contribution in [0, 0.1) is 0 Å². The molecule has 0 rings (SSSR count). The molecule has 0 fully saturated rings. The topological polar surface area (TPSA) is 44.8 Å². The Labute approximate surface area is 338 Å². The number of phosphoric acid groups is 1. The molecule has 0 radical (unpaired) electrons. The molecule has 0 N–H and O–H groups in total. The standard InChI is InChI=1S/C45H99O4PSi3/c1-13-19-25-31-37-43(38-32-26-20-14-2)51(7,8)47-50(46,48-52(9,10)44(39-33-27-21-15-3)40-34-28-22-16-4)49-53(11,12)45(41-35-29-23-17-5)42-36-30-24-18-6/h43-45H,13-42H2,1-12H3. The van der Waals surface area contributed by atoms with E-state index in [1.807, 2.05) is 0 Å². The van der Waals surface area contributed by atoms with Crippen LogP contribution >= 0.6 is 7.82 Å². The van der Waals surface area contributed by atoms with E-state index in [0.29, 0.717) is 16.6 Å². The van der Waals surface area contributed by atoms with Crippen LogP contribution in [-0.2, 0) is 17.2 Å². The van der Waals surface area contributed by atoms with Crippen LogP contribution in [-0.4, -0.2) is 25.0 Å². The van der Waals surface area contributed by atoms with Gasteiger partial charge in [-0.2, -0.15) is 0 Å². The van der Waals surface area contributed by atoms with E-state index in [-0.39, 0.29) is 0 Å². The third-order valence-electron chi connectivity index (χ3n) is 12.4. The van der Waals surface area contributed by atoms with Gasteiger partial charge in [0, 0.05) is 0 Å². The second-order valence-corrected chi connectivity index (χ2v) is 33.9. The quantitative estimate of drug-likeness (QED) is 0.0352. The maximum Gasteiger partial charge on any atom is 0.445 e. The molecule has 0 saturated heterocycles. The molecule has 0 aliphatic carbocycles. The minimum Gasteiger partial charge on any atom is -0.331 e. The fraction of sp³-hybridized carbons (Fsp3) is 1.00. The van der Waals surface area contributed by atoms with Crippen LogP contribution in [0.15, 0.2) is 0 Å². The molecule has 4 nitrogen and oxygen atoms in total. The van der Waals surface area contributed by atoms with Crippen molar-refractivity contribution >= 4 is 32.8 Å². The van der Waals surface area contributed by atoms with Crippen molar-refractivity contribution in [3.8, 4) is 0 Å². The zero-order chi connectivity index (χ0) is 40.1. The first kappa shape index (κ1) is 53.8. The van der Waals surface area contributed by atoms with Gasteiger partial charge >= 0.3 is 7.82 Å². The number of rotatable bonds is 39. The fourth-order valence-corrected chi connectivity index (χ4v) is 24.1. The van der Waals surface area contributed by atoms with E-state index in [2.05, 4.69) is 80.8 Å². The summed E-state index contributed by atoms with van der Waals surface area (Å²) in [6.07, 6.45) is 37.6. The Morgan fingerprint density at radius 3 is 0.642 bits per heavy atom. The van der Waals surface area contributed by atoms with Crippen LogP contribution in [0.25, 0.3) is 0 Å². The molecular formula is C45H99O4PSi3. The summed E-state index contributed by atoms with van der Waals surface area (Å²) in [5.74, 6) is 0. The zero-order valence-electron chi connectivity index (χ0n) is 38.5. The molecule has 0 saturated carbocycles. The Morgan fingerprint density at radius 2 is 0.491 bits per heavy atom. The molecule has 53 heavy (non-hydrogen) atoms. The summed E-state index contributed by atoms with van der Waals surface area (Å²) in [4.78, 5) is 0. The molecule has 0 bridgehead atoms. The average Bonchev–Trinajstić information content (AvgIpc) is 3.08. The number of unbranched alkanes of at least 4 members (excludes halogenated alkanes) is 18. The van der Waals surface area contributed by atoms with E-state index in [0.717, 1.165) is 0 Å². The average molecular weight is 820 g/mol. The second-order valence-electron chi connectivity index (χ2n) is 18.7. The van der Waals surface area contributed by atoms with Crippen molar-refractivity contribution in [1.82, 2.24) is 0 Å². The van der Waals surface area contributed by atoms with E-state index < -0.39 is 32.8 Å². The highest BCUT2D eigenvalue weighted by atomic mass is 31.2. The largest absolute Gasteiger partial charge is 0.445 e. The molecule has 0 amide bonds. The van der Waals surface area contributed by atoms with Crippen LogP contribution in [0.3, 0.4) is 0 Å². The molecule has 0 spiro atoms. The molecule has 0 unspecified atom stereocenters. The van der Waals surface area contributed by atoms with Gasteiger partial charge in [-0.3, -0.25) is 0 Å². The van der Waals surface area contributed by atoms with Crippen LogP contribution in [0.4, 0.5) is 0 Å². The highest BCUT2D eigenvalue weighted by Gasteiger charge is 2.50. The van der Waals surface area contributed by atoms with Crippen molar-refractivity contribution in [2.24, 2.45) is 0 Å². The van der Waals surface area contributed by atoms with E-state index in [4.69, 9.17) is 12.6 Å². The first-order valence-corrected chi connectivity index (χ1v) is 34.3. The van der Waals surface area contributed by atoms with Crippen LogP contribution in [0.2, 0.25) is 55.9 Å². The number of hydrogen-bond acceptors (Lipinski definition) is 4. The molecule has 0 aromatic rings. The lowest BCUT2D eigenvalue weighted by molar-refractivity contribution is 0.274. The van der Waals surface area contributed by atoms with Gasteiger partial charge in [-0.05, 0) is 55.9 Å². The first-order valence-electron chi connectivity index (χ1n) is 23.9. The lowest BCUT2D eigenvalue weighted by atomic mass is 10.1. The van der Waals surface area contributed by atoms with Crippen molar-refractivity contribution in [2.75, 3.05) is 0 Å². The smallest absolute Gasteiger partial charge is 0.331 e. The summed E-state index contributed by atoms with van der Waals surface area (Å²) in [5.41, 5.74) is 1.43. The van der Waals surface area contributed by atoms with Gasteiger partial charge in [0.1, 0.15) is 0 Å². The Balaban J connectivity index is 6.78. The maximum atomic E-state index is 15.9. The Morgan fingerprint density at radius 1 is 0.321 bits per heavy atom.